The predicted molar refractivity (Wildman–Crippen MR) is 59.9 cm³/mol. The van der Waals surface area contributed by atoms with Crippen LogP contribution in [0.15, 0.2) is 0 Å². The number of esters is 1. The van der Waals surface area contributed by atoms with E-state index >= 15 is 0 Å². The fourth-order valence-electron chi connectivity index (χ4n) is 4.90. The van der Waals surface area contributed by atoms with Crippen molar-refractivity contribution in [3.63, 3.8) is 0 Å². The maximum atomic E-state index is 12.0. The van der Waals surface area contributed by atoms with Gasteiger partial charge in [0.05, 0.1) is 12.5 Å². The predicted octanol–water partition coefficient (Wildman–Crippen LogP) is 1.71. The Morgan fingerprint density at radius 1 is 1.28 bits per heavy atom. The van der Waals surface area contributed by atoms with Gasteiger partial charge in [-0.1, -0.05) is 0 Å². The summed E-state index contributed by atoms with van der Waals surface area (Å²) in [6, 6.07) is 0. The third-order valence-corrected chi connectivity index (χ3v) is 4.89. The van der Waals surface area contributed by atoms with Gasteiger partial charge >= 0.3 is 5.97 Å². The van der Waals surface area contributed by atoms with E-state index in [1.54, 1.807) is 0 Å². The van der Waals surface area contributed by atoms with Crippen molar-refractivity contribution in [1.29, 1.82) is 0 Å². The highest BCUT2D eigenvalue weighted by molar-refractivity contribution is 5.77. The van der Waals surface area contributed by atoms with Gasteiger partial charge in [-0.3, -0.25) is 4.79 Å². The van der Waals surface area contributed by atoms with Crippen LogP contribution in [-0.4, -0.2) is 23.8 Å². The normalized spacial score (nSPS) is 44.7. The number of hydrogen-bond donors (Lipinski definition) is 0. The van der Waals surface area contributed by atoms with Gasteiger partial charge in [-0.2, -0.15) is 0 Å². The Morgan fingerprint density at radius 2 is 1.89 bits per heavy atom. The monoisotopic (exact) mass is 255 g/mol. The van der Waals surface area contributed by atoms with Gasteiger partial charge < -0.3 is 9.57 Å². The highest BCUT2D eigenvalue weighted by Crippen LogP contribution is 2.63. The van der Waals surface area contributed by atoms with E-state index in [0.29, 0.717) is 31.1 Å². The van der Waals surface area contributed by atoms with Crippen LogP contribution in [0.4, 0.5) is 0 Å². The van der Waals surface area contributed by atoms with Crippen LogP contribution in [0.2, 0.25) is 0 Å². The molecule has 0 N–H and O–H groups in total. The quantitative estimate of drug-likeness (QED) is 0.435. The Balaban J connectivity index is 1.92. The molecule has 0 aromatic rings. The van der Waals surface area contributed by atoms with Crippen LogP contribution in [0.5, 0.6) is 0 Å². The standard InChI is InChI=1S/C12H17NO5/c1-17-10(14)11-3-8-2-9(4-11)6-12(5-8,7-11)18-13(15)16/h8-9H,2-7H2,1H3. The summed E-state index contributed by atoms with van der Waals surface area (Å²) < 4.78 is 4.92. The molecular weight excluding hydrogens is 238 g/mol. The minimum absolute atomic E-state index is 0.215. The van der Waals surface area contributed by atoms with Crippen molar-refractivity contribution in [2.45, 2.75) is 44.1 Å². The molecule has 0 amide bonds. The second-order valence-electron chi connectivity index (χ2n) is 6.23. The van der Waals surface area contributed by atoms with Crippen molar-refractivity contribution < 1.29 is 19.5 Å². The van der Waals surface area contributed by atoms with E-state index in [9.17, 15) is 14.9 Å². The largest absolute Gasteiger partial charge is 0.469 e. The van der Waals surface area contributed by atoms with Crippen LogP contribution < -0.4 is 0 Å². The highest BCUT2D eigenvalue weighted by atomic mass is 17.0. The first-order chi connectivity index (χ1) is 8.47. The molecule has 18 heavy (non-hydrogen) atoms. The summed E-state index contributed by atoms with van der Waals surface area (Å²) >= 11 is 0. The van der Waals surface area contributed by atoms with E-state index < -0.39 is 16.1 Å². The number of carbonyl (C=O) groups is 1. The molecule has 4 saturated carbocycles. The molecule has 0 aromatic heterocycles. The Hall–Kier alpha value is -1.33. The minimum atomic E-state index is -0.734. The molecule has 0 spiro atoms. The van der Waals surface area contributed by atoms with Crippen LogP contribution in [0.25, 0.3) is 0 Å². The number of ether oxygens (including phenoxy) is 1. The zero-order valence-electron chi connectivity index (χ0n) is 10.4. The van der Waals surface area contributed by atoms with Gasteiger partial charge in [0.2, 0.25) is 0 Å². The molecule has 0 radical (unpaired) electrons. The maximum absolute atomic E-state index is 12.0. The lowest BCUT2D eigenvalue weighted by Gasteiger charge is -2.59. The van der Waals surface area contributed by atoms with Crippen LogP contribution in [-0.2, 0) is 14.4 Å². The Morgan fingerprint density at radius 3 is 2.39 bits per heavy atom. The van der Waals surface area contributed by atoms with Gasteiger partial charge in [0.1, 0.15) is 5.60 Å². The molecule has 4 fully saturated rings. The molecule has 2 unspecified atom stereocenters. The lowest BCUT2D eigenvalue weighted by Crippen LogP contribution is -2.59. The van der Waals surface area contributed by atoms with Crippen molar-refractivity contribution >= 4 is 5.97 Å². The smallest absolute Gasteiger partial charge is 0.311 e. The zero-order chi connectivity index (χ0) is 13.0. The molecule has 6 nitrogen and oxygen atoms in total. The summed E-state index contributed by atoms with van der Waals surface area (Å²) in [6.07, 6.45) is 4.55. The van der Waals surface area contributed by atoms with Crippen LogP contribution in [0.1, 0.15) is 38.5 Å². The molecule has 4 bridgehead atoms. The molecule has 2 atom stereocenters. The fraction of sp³-hybridized carbons (Fsp3) is 0.917. The van der Waals surface area contributed by atoms with E-state index in [1.165, 1.54) is 7.11 Å². The first kappa shape index (κ1) is 11.7. The molecule has 6 heteroatoms. The Labute approximate surface area is 105 Å². The summed E-state index contributed by atoms with van der Waals surface area (Å²) in [6.45, 7) is 0. The van der Waals surface area contributed by atoms with E-state index in [0.717, 1.165) is 19.3 Å². The molecule has 0 saturated heterocycles. The van der Waals surface area contributed by atoms with Crippen LogP contribution >= 0.6 is 0 Å². The lowest BCUT2D eigenvalue weighted by atomic mass is 9.48. The number of hydrogen-bond acceptors (Lipinski definition) is 5. The lowest BCUT2D eigenvalue weighted by molar-refractivity contribution is -0.785. The molecular formula is C12H17NO5. The second kappa shape index (κ2) is 3.59. The first-order valence-corrected chi connectivity index (χ1v) is 6.39. The zero-order valence-corrected chi connectivity index (χ0v) is 10.4. The van der Waals surface area contributed by atoms with Crippen LogP contribution in [0.3, 0.4) is 0 Å². The molecule has 0 aromatic carbocycles. The molecule has 4 rings (SSSR count). The van der Waals surface area contributed by atoms with Crippen molar-refractivity contribution in [2.24, 2.45) is 17.3 Å². The maximum Gasteiger partial charge on any atom is 0.311 e. The van der Waals surface area contributed by atoms with E-state index in [2.05, 4.69) is 0 Å². The molecule has 100 valence electrons. The van der Waals surface area contributed by atoms with Gasteiger partial charge in [0, 0.05) is 0 Å². The summed E-state index contributed by atoms with van der Waals surface area (Å²) in [7, 11) is 1.39. The molecule has 0 heterocycles. The average molecular weight is 255 g/mol. The van der Waals surface area contributed by atoms with E-state index in [1.807, 2.05) is 0 Å². The fourth-order valence-corrected chi connectivity index (χ4v) is 4.90. The average Bonchev–Trinajstić information content (AvgIpc) is 2.24. The van der Waals surface area contributed by atoms with Crippen molar-refractivity contribution in [1.82, 2.24) is 0 Å². The first-order valence-electron chi connectivity index (χ1n) is 6.39. The number of methoxy groups -OCH3 is 1. The SMILES string of the molecule is COC(=O)C12CC3CC(CC(O[N+](=O)[O-])(C3)C1)C2. The van der Waals surface area contributed by atoms with Crippen molar-refractivity contribution in [3.05, 3.63) is 10.1 Å². The van der Waals surface area contributed by atoms with Gasteiger partial charge in [-0.05, 0) is 50.4 Å². The molecule has 0 aliphatic heterocycles. The summed E-state index contributed by atoms with van der Waals surface area (Å²) in [5.74, 6) is 0.517. The van der Waals surface area contributed by atoms with Gasteiger partial charge in [0.25, 0.3) is 5.09 Å². The van der Waals surface area contributed by atoms with Gasteiger partial charge in [-0.15, -0.1) is 10.1 Å². The topological polar surface area (TPSA) is 78.7 Å². The van der Waals surface area contributed by atoms with Crippen LogP contribution in [0, 0.1) is 27.4 Å². The van der Waals surface area contributed by atoms with Crippen molar-refractivity contribution in [3.8, 4) is 0 Å². The number of nitrogens with zero attached hydrogens (tertiary/aromatic N) is 1. The third kappa shape index (κ3) is 1.58. The van der Waals surface area contributed by atoms with E-state index in [-0.39, 0.29) is 5.97 Å². The molecule has 4 aliphatic rings. The highest BCUT2D eigenvalue weighted by Gasteiger charge is 2.62. The third-order valence-electron chi connectivity index (χ3n) is 4.89. The molecule has 4 aliphatic carbocycles. The Bertz CT molecular complexity index is 393. The Kier molecular flexibility index (Phi) is 2.34. The number of rotatable bonds is 3. The minimum Gasteiger partial charge on any atom is -0.469 e. The second-order valence-corrected chi connectivity index (χ2v) is 6.23. The summed E-state index contributed by atoms with van der Waals surface area (Å²) in [5, 5.41) is 10.00. The van der Waals surface area contributed by atoms with Crippen molar-refractivity contribution in [2.75, 3.05) is 7.11 Å². The summed E-state index contributed by atoms with van der Waals surface area (Å²) in [5.41, 5.74) is -1.27. The van der Waals surface area contributed by atoms with E-state index in [4.69, 9.17) is 9.57 Å². The number of carbonyl (C=O) groups excluding carboxylic acids is 1. The summed E-state index contributed by atoms with van der Waals surface area (Å²) in [4.78, 5) is 27.7. The van der Waals surface area contributed by atoms with Gasteiger partial charge in [0.15, 0.2) is 0 Å². The van der Waals surface area contributed by atoms with Gasteiger partial charge in [-0.25, -0.2) is 0 Å².